The number of rotatable bonds is 4. The van der Waals surface area contributed by atoms with Crippen LogP contribution in [0.3, 0.4) is 0 Å². The predicted octanol–water partition coefficient (Wildman–Crippen LogP) is 3.86. The molecule has 0 radical (unpaired) electrons. The molecule has 1 aliphatic carbocycles. The molecule has 1 aliphatic rings. The molecule has 1 atom stereocenters. The third-order valence-corrected chi connectivity index (χ3v) is 4.61. The normalized spacial score (nSPS) is 15.6. The molecular weight excluding hydrogens is 312 g/mol. The number of hydrogen-bond acceptors (Lipinski definition) is 5. The molecule has 0 spiro atoms. The molecule has 0 amide bonds. The summed E-state index contributed by atoms with van der Waals surface area (Å²) in [7, 11) is 0. The van der Waals surface area contributed by atoms with Crippen molar-refractivity contribution in [3.05, 3.63) is 54.6 Å². The SMILES string of the molecule is C[C@@H](C1=CCCCC1)n1cc(-c2cnc(-c3ccccn3)nc2)nn1. The highest BCUT2D eigenvalue weighted by Crippen LogP contribution is 2.28. The van der Waals surface area contributed by atoms with Gasteiger partial charge in [-0.3, -0.25) is 4.98 Å². The van der Waals surface area contributed by atoms with E-state index in [4.69, 9.17) is 0 Å². The first-order chi connectivity index (χ1) is 12.3. The molecule has 4 rings (SSSR count). The fourth-order valence-corrected chi connectivity index (χ4v) is 3.10. The second kappa shape index (κ2) is 6.93. The third-order valence-electron chi connectivity index (χ3n) is 4.61. The second-order valence-corrected chi connectivity index (χ2v) is 6.29. The molecule has 0 aromatic carbocycles. The van der Waals surface area contributed by atoms with Gasteiger partial charge in [0.1, 0.15) is 11.4 Å². The summed E-state index contributed by atoms with van der Waals surface area (Å²) in [5, 5.41) is 8.60. The molecule has 0 aliphatic heterocycles. The van der Waals surface area contributed by atoms with Crippen molar-refractivity contribution in [3.63, 3.8) is 0 Å². The standard InChI is InChI=1S/C19H20N6/c1-14(15-7-3-2-4-8-15)25-13-18(23-24-25)16-11-21-19(22-12-16)17-9-5-6-10-20-17/h5-7,9-14H,2-4,8H2,1H3/t14-/m0/s1. The Morgan fingerprint density at radius 2 is 1.92 bits per heavy atom. The summed E-state index contributed by atoms with van der Waals surface area (Å²) in [6, 6.07) is 5.94. The maximum Gasteiger partial charge on any atom is 0.178 e. The molecule has 3 aromatic rings. The van der Waals surface area contributed by atoms with E-state index in [1.54, 1.807) is 18.6 Å². The molecule has 0 saturated carbocycles. The molecule has 25 heavy (non-hydrogen) atoms. The van der Waals surface area contributed by atoms with Gasteiger partial charge < -0.3 is 0 Å². The van der Waals surface area contributed by atoms with Crippen LogP contribution in [0.4, 0.5) is 0 Å². The van der Waals surface area contributed by atoms with Gasteiger partial charge >= 0.3 is 0 Å². The van der Waals surface area contributed by atoms with E-state index in [0.29, 0.717) is 5.82 Å². The van der Waals surface area contributed by atoms with Crippen LogP contribution in [0.15, 0.2) is 54.6 Å². The first-order valence-corrected chi connectivity index (χ1v) is 8.66. The van der Waals surface area contributed by atoms with Crippen LogP contribution in [-0.4, -0.2) is 29.9 Å². The Balaban J connectivity index is 1.55. The lowest BCUT2D eigenvalue weighted by atomic mass is 9.95. The van der Waals surface area contributed by atoms with Gasteiger partial charge in [-0.2, -0.15) is 0 Å². The minimum atomic E-state index is 0.246. The molecule has 6 heteroatoms. The van der Waals surface area contributed by atoms with Gasteiger partial charge in [0.15, 0.2) is 5.82 Å². The van der Waals surface area contributed by atoms with Crippen LogP contribution in [0.25, 0.3) is 22.8 Å². The quantitative estimate of drug-likeness (QED) is 0.679. The Morgan fingerprint density at radius 1 is 1.04 bits per heavy atom. The zero-order valence-electron chi connectivity index (χ0n) is 14.2. The molecule has 3 aromatic heterocycles. The van der Waals surface area contributed by atoms with Crippen molar-refractivity contribution in [2.75, 3.05) is 0 Å². The summed E-state index contributed by atoms with van der Waals surface area (Å²) in [5.74, 6) is 0.609. The van der Waals surface area contributed by atoms with Gasteiger partial charge in [0.2, 0.25) is 0 Å². The van der Waals surface area contributed by atoms with Crippen molar-refractivity contribution in [2.45, 2.75) is 38.6 Å². The number of pyridine rings is 1. The average molecular weight is 332 g/mol. The largest absolute Gasteiger partial charge is 0.253 e. The van der Waals surface area contributed by atoms with E-state index in [-0.39, 0.29) is 6.04 Å². The topological polar surface area (TPSA) is 69.4 Å². The van der Waals surface area contributed by atoms with Gasteiger partial charge in [0, 0.05) is 24.2 Å². The van der Waals surface area contributed by atoms with E-state index in [1.807, 2.05) is 29.1 Å². The monoisotopic (exact) mass is 332 g/mol. The Morgan fingerprint density at radius 3 is 2.64 bits per heavy atom. The lowest BCUT2D eigenvalue weighted by Gasteiger charge is -2.19. The van der Waals surface area contributed by atoms with Crippen molar-refractivity contribution < 1.29 is 0 Å². The van der Waals surface area contributed by atoms with E-state index in [0.717, 1.165) is 23.4 Å². The van der Waals surface area contributed by atoms with Gasteiger partial charge in [-0.15, -0.1) is 5.10 Å². The summed E-state index contributed by atoms with van der Waals surface area (Å²) in [6.07, 6.45) is 14.5. The van der Waals surface area contributed by atoms with Crippen molar-refractivity contribution in [3.8, 4) is 22.8 Å². The number of allylic oxidation sites excluding steroid dienone is 2. The van der Waals surface area contributed by atoms with Crippen LogP contribution < -0.4 is 0 Å². The van der Waals surface area contributed by atoms with Crippen LogP contribution in [0.2, 0.25) is 0 Å². The molecule has 0 saturated heterocycles. The molecule has 3 heterocycles. The van der Waals surface area contributed by atoms with E-state index >= 15 is 0 Å². The summed E-state index contributed by atoms with van der Waals surface area (Å²) in [4.78, 5) is 13.1. The molecule has 0 fully saturated rings. The van der Waals surface area contributed by atoms with E-state index in [9.17, 15) is 0 Å². The van der Waals surface area contributed by atoms with Crippen LogP contribution >= 0.6 is 0 Å². The highest BCUT2D eigenvalue weighted by Gasteiger charge is 2.16. The summed E-state index contributed by atoms with van der Waals surface area (Å²) < 4.78 is 1.93. The summed E-state index contributed by atoms with van der Waals surface area (Å²) in [6.45, 7) is 2.18. The van der Waals surface area contributed by atoms with Crippen LogP contribution in [0.5, 0.6) is 0 Å². The van der Waals surface area contributed by atoms with Crippen molar-refractivity contribution in [1.29, 1.82) is 0 Å². The van der Waals surface area contributed by atoms with Gasteiger partial charge in [-0.05, 0) is 44.7 Å². The van der Waals surface area contributed by atoms with E-state index < -0.39 is 0 Å². The zero-order chi connectivity index (χ0) is 17.1. The van der Waals surface area contributed by atoms with Gasteiger partial charge in [0.25, 0.3) is 0 Å². The Hall–Kier alpha value is -2.89. The maximum absolute atomic E-state index is 4.41. The van der Waals surface area contributed by atoms with Gasteiger partial charge in [0.05, 0.1) is 12.2 Å². The average Bonchev–Trinajstić information content (AvgIpc) is 3.19. The minimum Gasteiger partial charge on any atom is -0.253 e. The number of hydrogen-bond donors (Lipinski definition) is 0. The fourth-order valence-electron chi connectivity index (χ4n) is 3.10. The highest BCUT2D eigenvalue weighted by atomic mass is 15.4. The zero-order valence-corrected chi connectivity index (χ0v) is 14.2. The van der Waals surface area contributed by atoms with Crippen molar-refractivity contribution >= 4 is 0 Å². The molecule has 0 unspecified atom stereocenters. The number of nitrogens with zero attached hydrogens (tertiary/aromatic N) is 6. The Kier molecular flexibility index (Phi) is 4.33. The molecule has 0 N–H and O–H groups in total. The van der Waals surface area contributed by atoms with Crippen LogP contribution in [0, 0.1) is 0 Å². The second-order valence-electron chi connectivity index (χ2n) is 6.29. The molecule has 126 valence electrons. The first kappa shape index (κ1) is 15.6. The van der Waals surface area contributed by atoms with Crippen LogP contribution in [-0.2, 0) is 0 Å². The Labute approximate surface area is 146 Å². The van der Waals surface area contributed by atoms with Gasteiger partial charge in [-0.25, -0.2) is 14.6 Å². The van der Waals surface area contributed by atoms with Gasteiger partial charge in [-0.1, -0.05) is 22.9 Å². The minimum absolute atomic E-state index is 0.246. The molecule has 6 nitrogen and oxygen atoms in total. The lowest BCUT2D eigenvalue weighted by Crippen LogP contribution is -2.10. The predicted molar refractivity (Wildman–Crippen MR) is 95.5 cm³/mol. The molecular formula is C19H20N6. The van der Waals surface area contributed by atoms with E-state index in [1.165, 1.54) is 24.8 Å². The maximum atomic E-state index is 4.41. The van der Waals surface area contributed by atoms with Crippen molar-refractivity contribution in [1.82, 2.24) is 29.9 Å². The third kappa shape index (κ3) is 3.33. The van der Waals surface area contributed by atoms with E-state index in [2.05, 4.69) is 38.3 Å². The summed E-state index contributed by atoms with van der Waals surface area (Å²) in [5.41, 5.74) is 3.85. The smallest absolute Gasteiger partial charge is 0.178 e. The lowest BCUT2D eigenvalue weighted by molar-refractivity contribution is 0.501. The first-order valence-electron chi connectivity index (χ1n) is 8.66. The van der Waals surface area contributed by atoms with Crippen molar-refractivity contribution in [2.24, 2.45) is 0 Å². The van der Waals surface area contributed by atoms with Crippen LogP contribution in [0.1, 0.15) is 38.6 Å². The summed E-state index contributed by atoms with van der Waals surface area (Å²) >= 11 is 0. The fraction of sp³-hybridized carbons (Fsp3) is 0.316. The number of aromatic nitrogens is 6. The Bertz CT molecular complexity index is 866. The molecule has 0 bridgehead atoms. The highest BCUT2D eigenvalue weighted by molar-refractivity contribution is 5.57.